The van der Waals surface area contributed by atoms with E-state index in [1.807, 2.05) is 6.07 Å². The number of carboxylic acids is 1. The topological polar surface area (TPSA) is 80.7 Å². The fourth-order valence-corrected chi connectivity index (χ4v) is 2.20. The SMILES string of the molecule is CC(C)(C)CC[C@H](NCc1cnc2c(c1)OCCO2)C(=O)O. The maximum absolute atomic E-state index is 11.3. The van der Waals surface area contributed by atoms with Gasteiger partial charge in [-0.15, -0.1) is 0 Å². The molecule has 6 nitrogen and oxygen atoms in total. The number of aromatic nitrogens is 1. The Hall–Kier alpha value is -1.82. The number of nitrogens with one attached hydrogen (secondary N) is 1. The van der Waals surface area contributed by atoms with Gasteiger partial charge in [-0.05, 0) is 29.9 Å². The van der Waals surface area contributed by atoms with Gasteiger partial charge in [0.15, 0.2) is 5.75 Å². The Morgan fingerprint density at radius 2 is 2.14 bits per heavy atom. The van der Waals surface area contributed by atoms with Crippen LogP contribution in [0.3, 0.4) is 0 Å². The summed E-state index contributed by atoms with van der Waals surface area (Å²) in [5.41, 5.74) is 1.000. The van der Waals surface area contributed by atoms with Gasteiger partial charge in [0.1, 0.15) is 19.3 Å². The van der Waals surface area contributed by atoms with Gasteiger partial charge >= 0.3 is 5.97 Å². The third-order valence-corrected chi connectivity index (χ3v) is 3.49. The number of hydrogen-bond donors (Lipinski definition) is 2. The Morgan fingerprint density at radius 3 is 2.82 bits per heavy atom. The van der Waals surface area contributed by atoms with Crippen molar-refractivity contribution in [1.82, 2.24) is 10.3 Å². The largest absolute Gasteiger partial charge is 0.484 e. The van der Waals surface area contributed by atoms with Gasteiger partial charge in [0.05, 0.1) is 0 Å². The first-order valence-corrected chi connectivity index (χ1v) is 7.56. The van der Waals surface area contributed by atoms with Crippen LogP contribution in [0.15, 0.2) is 12.3 Å². The lowest BCUT2D eigenvalue weighted by Crippen LogP contribution is -2.37. The number of carbonyl (C=O) groups is 1. The summed E-state index contributed by atoms with van der Waals surface area (Å²) in [6.45, 7) is 7.77. The standard InChI is InChI=1S/C16H24N2O4/c1-16(2,3)5-4-12(15(19)20)17-9-11-8-13-14(18-10-11)22-7-6-21-13/h8,10,12,17H,4-7,9H2,1-3H3,(H,19,20)/t12-/m0/s1. The molecular formula is C16H24N2O4. The second-order valence-electron chi connectivity index (χ2n) is 6.71. The lowest BCUT2D eigenvalue weighted by atomic mass is 9.88. The highest BCUT2D eigenvalue weighted by Crippen LogP contribution is 2.28. The maximum Gasteiger partial charge on any atom is 0.320 e. The van der Waals surface area contributed by atoms with E-state index < -0.39 is 12.0 Å². The van der Waals surface area contributed by atoms with Crippen LogP contribution in [0, 0.1) is 5.41 Å². The number of carboxylic acid groups (broad SMARTS) is 1. The molecule has 0 aliphatic carbocycles. The smallest absolute Gasteiger partial charge is 0.320 e. The minimum absolute atomic E-state index is 0.119. The molecule has 1 aromatic rings. The van der Waals surface area contributed by atoms with E-state index in [4.69, 9.17) is 9.47 Å². The van der Waals surface area contributed by atoms with Crippen molar-refractivity contribution in [1.29, 1.82) is 0 Å². The predicted octanol–water partition coefficient (Wildman–Crippen LogP) is 2.22. The van der Waals surface area contributed by atoms with Crippen LogP contribution in [0.1, 0.15) is 39.2 Å². The quantitative estimate of drug-likeness (QED) is 0.839. The van der Waals surface area contributed by atoms with Crippen molar-refractivity contribution in [2.45, 2.75) is 46.2 Å². The zero-order chi connectivity index (χ0) is 16.2. The number of hydrogen-bond acceptors (Lipinski definition) is 5. The summed E-state index contributed by atoms with van der Waals surface area (Å²) in [5.74, 6) is 0.291. The van der Waals surface area contributed by atoms with Crippen molar-refractivity contribution in [3.63, 3.8) is 0 Å². The first-order chi connectivity index (χ1) is 10.3. The van der Waals surface area contributed by atoms with E-state index in [9.17, 15) is 9.90 Å². The van der Waals surface area contributed by atoms with Crippen LogP contribution in [0.4, 0.5) is 0 Å². The number of nitrogens with zero attached hydrogens (tertiary/aromatic N) is 1. The number of ether oxygens (including phenoxy) is 2. The molecule has 0 saturated carbocycles. The minimum atomic E-state index is -0.824. The molecule has 2 rings (SSSR count). The van der Waals surface area contributed by atoms with Crippen LogP contribution in [-0.4, -0.2) is 35.3 Å². The Kier molecular flexibility index (Phi) is 5.24. The highest BCUT2D eigenvalue weighted by molar-refractivity contribution is 5.73. The number of fused-ring (bicyclic) bond motifs is 1. The van der Waals surface area contributed by atoms with Gasteiger partial charge in [-0.25, -0.2) is 4.98 Å². The number of rotatable bonds is 6. The van der Waals surface area contributed by atoms with Gasteiger partial charge in [-0.3, -0.25) is 4.79 Å². The fourth-order valence-electron chi connectivity index (χ4n) is 2.20. The third-order valence-electron chi connectivity index (χ3n) is 3.49. The summed E-state index contributed by atoms with van der Waals surface area (Å²) in [6.07, 6.45) is 3.12. The summed E-state index contributed by atoms with van der Waals surface area (Å²) in [6, 6.07) is 1.28. The molecule has 0 bridgehead atoms. The zero-order valence-corrected chi connectivity index (χ0v) is 13.4. The highest BCUT2D eigenvalue weighted by atomic mass is 16.6. The molecule has 0 saturated heterocycles. The lowest BCUT2D eigenvalue weighted by Gasteiger charge is -2.22. The van der Waals surface area contributed by atoms with Crippen molar-refractivity contribution in [2.24, 2.45) is 5.41 Å². The molecule has 2 heterocycles. The Labute approximate surface area is 130 Å². The van der Waals surface area contributed by atoms with Crippen LogP contribution < -0.4 is 14.8 Å². The number of pyridine rings is 1. The molecule has 1 atom stereocenters. The van der Waals surface area contributed by atoms with Crippen molar-refractivity contribution >= 4 is 5.97 Å². The molecule has 0 unspecified atom stereocenters. The monoisotopic (exact) mass is 308 g/mol. The van der Waals surface area contributed by atoms with E-state index in [0.29, 0.717) is 37.8 Å². The van der Waals surface area contributed by atoms with Crippen LogP contribution in [-0.2, 0) is 11.3 Å². The molecule has 0 amide bonds. The van der Waals surface area contributed by atoms with Gasteiger partial charge in [-0.2, -0.15) is 0 Å². The fraction of sp³-hybridized carbons (Fsp3) is 0.625. The maximum atomic E-state index is 11.3. The lowest BCUT2D eigenvalue weighted by molar-refractivity contribution is -0.139. The molecule has 22 heavy (non-hydrogen) atoms. The summed E-state index contributed by atoms with van der Waals surface area (Å²) < 4.78 is 10.8. The van der Waals surface area contributed by atoms with Crippen LogP contribution in [0.2, 0.25) is 0 Å². The van der Waals surface area contributed by atoms with Crippen LogP contribution in [0.25, 0.3) is 0 Å². The van der Waals surface area contributed by atoms with Crippen molar-refractivity contribution in [3.05, 3.63) is 17.8 Å². The summed E-state index contributed by atoms with van der Waals surface area (Å²) in [7, 11) is 0. The number of aliphatic carboxylic acids is 1. The van der Waals surface area contributed by atoms with Gasteiger partial charge in [0, 0.05) is 12.7 Å². The summed E-state index contributed by atoms with van der Waals surface area (Å²) >= 11 is 0. The van der Waals surface area contributed by atoms with E-state index in [0.717, 1.165) is 12.0 Å². The van der Waals surface area contributed by atoms with Crippen LogP contribution >= 0.6 is 0 Å². The van der Waals surface area contributed by atoms with Gasteiger partial charge in [0.2, 0.25) is 0 Å². The molecule has 0 radical (unpaired) electrons. The van der Waals surface area contributed by atoms with E-state index in [1.54, 1.807) is 6.20 Å². The predicted molar refractivity (Wildman–Crippen MR) is 82.2 cm³/mol. The van der Waals surface area contributed by atoms with Crippen molar-refractivity contribution in [3.8, 4) is 11.6 Å². The Balaban J connectivity index is 1.93. The molecular weight excluding hydrogens is 284 g/mol. The van der Waals surface area contributed by atoms with Gasteiger partial charge in [-0.1, -0.05) is 20.8 Å². The first kappa shape index (κ1) is 16.5. The molecule has 1 aromatic heterocycles. The highest BCUT2D eigenvalue weighted by Gasteiger charge is 2.21. The molecule has 2 N–H and O–H groups in total. The molecule has 1 aliphatic rings. The second-order valence-corrected chi connectivity index (χ2v) is 6.71. The third kappa shape index (κ3) is 4.87. The van der Waals surface area contributed by atoms with Crippen molar-refractivity contribution < 1.29 is 19.4 Å². The average molecular weight is 308 g/mol. The van der Waals surface area contributed by atoms with Crippen molar-refractivity contribution in [2.75, 3.05) is 13.2 Å². The van der Waals surface area contributed by atoms with Gasteiger partial charge in [0.25, 0.3) is 5.88 Å². The average Bonchev–Trinajstić information content (AvgIpc) is 2.45. The molecule has 0 fully saturated rings. The van der Waals surface area contributed by atoms with Gasteiger partial charge < -0.3 is 19.9 Å². The zero-order valence-electron chi connectivity index (χ0n) is 13.4. The molecule has 0 aromatic carbocycles. The van der Waals surface area contributed by atoms with E-state index >= 15 is 0 Å². The minimum Gasteiger partial charge on any atom is -0.484 e. The summed E-state index contributed by atoms with van der Waals surface area (Å²) in [4.78, 5) is 15.5. The summed E-state index contributed by atoms with van der Waals surface area (Å²) in [5, 5.41) is 12.4. The Morgan fingerprint density at radius 1 is 1.41 bits per heavy atom. The Bertz CT molecular complexity index is 525. The molecule has 122 valence electrons. The molecule has 0 spiro atoms. The first-order valence-electron chi connectivity index (χ1n) is 7.56. The van der Waals surface area contributed by atoms with E-state index in [-0.39, 0.29) is 5.41 Å². The van der Waals surface area contributed by atoms with E-state index in [2.05, 4.69) is 31.1 Å². The second kappa shape index (κ2) is 6.96. The molecule has 6 heteroatoms. The normalized spacial score (nSPS) is 15.4. The van der Waals surface area contributed by atoms with E-state index in [1.165, 1.54) is 0 Å². The molecule has 1 aliphatic heterocycles. The van der Waals surface area contributed by atoms with Crippen LogP contribution in [0.5, 0.6) is 11.6 Å².